The van der Waals surface area contributed by atoms with Crippen molar-refractivity contribution in [2.75, 3.05) is 0 Å². The number of nitrogens with zero attached hydrogens (tertiary/aromatic N) is 1. The standard InChI is InChI=1S/C26H19NO3/c1-2-27-22-9-5-4-8-19(22)20-15-17(11-13-23(20)27)12-14-24(28)21-16-18-7-3-6-10-25(18)30-26(21)29/h3-16H,2H2,1H3/b14-12+. The highest BCUT2D eigenvalue weighted by Gasteiger charge is 2.12. The van der Waals surface area contributed by atoms with E-state index in [0.29, 0.717) is 5.58 Å². The Morgan fingerprint density at radius 2 is 1.70 bits per heavy atom. The van der Waals surface area contributed by atoms with Crippen LogP contribution in [-0.4, -0.2) is 10.4 Å². The molecule has 0 aliphatic rings. The van der Waals surface area contributed by atoms with Crippen LogP contribution in [-0.2, 0) is 6.54 Å². The van der Waals surface area contributed by atoms with E-state index in [1.807, 2.05) is 30.3 Å². The summed E-state index contributed by atoms with van der Waals surface area (Å²) < 4.78 is 7.56. The molecule has 0 amide bonds. The predicted octanol–water partition coefficient (Wildman–Crippen LogP) is 5.82. The number of fused-ring (bicyclic) bond motifs is 4. The number of benzene rings is 3. The molecule has 0 saturated carbocycles. The van der Waals surface area contributed by atoms with Gasteiger partial charge < -0.3 is 8.98 Å². The Kier molecular flexibility index (Phi) is 4.32. The number of rotatable bonds is 4. The smallest absolute Gasteiger partial charge is 0.347 e. The molecule has 5 aromatic rings. The molecule has 0 spiro atoms. The Morgan fingerprint density at radius 1 is 0.933 bits per heavy atom. The largest absolute Gasteiger partial charge is 0.422 e. The highest BCUT2D eigenvalue weighted by molar-refractivity contribution is 6.10. The molecule has 0 saturated heterocycles. The van der Waals surface area contributed by atoms with Gasteiger partial charge in [-0.25, -0.2) is 4.79 Å². The van der Waals surface area contributed by atoms with Crippen LogP contribution in [0.2, 0.25) is 0 Å². The van der Waals surface area contributed by atoms with E-state index in [1.54, 1.807) is 24.3 Å². The maximum Gasteiger partial charge on any atom is 0.347 e. The second-order valence-corrected chi connectivity index (χ2v) is 7.22. The molecule has 3 aromatic carbocycles. The van der Waals surface area contributed by atoms with Gasteiger partial charge in [0.25, 0.3) is 0 Å². The summed E-state index contributed by atoms with van der Waals surface area (Å²) in [6, 6.07) is 23.2. The lowest BCUT2D eigenvalue weighted by atomic mass is 10.1. The van der Waals surface area contributed by atoms with E-state index in [0.717, 1.165) is 28.4 Å². The van der Waals surface area contributed by atoms with E-state index >= 15 is 0 Å². The van der Waals surface area contributed by atoms with Gasteiger partial charge in [-0.1, -0.05) is 48.5 Å². The molecule has 4 nitrogen and oxygen atoms in total. The van der Waals surface area contributed by atoms with Crippen LogP contribution in [0.3, 0.4) is 0 Å². The van der Waals surface area contributed by atoms with Gasteiger partial charge in [-0.05, 0) is 48.9 Å². The van der Waals surface area contributed by atoms with Crippen molar-refractivity contribution >= 4 is 44.6 Å². The van der Waals surface area contributed by atoms with Crippen molar-refractivity contribution in [2.24, 2.45) is 0 Å². The number of hydrogen-bond donors (Lipinski definition) is 0. The third-order valence-electron chi connectivity index (χ3n) is 5.45. The van der Waals surface area contributed by atoms with Gasteiger partial charge >= 0.3 is 5.63 Å². The van der Waals surface area contributed by atoms with Crippen molar-refractivity contribution in [1.29, 1.82) is 0 Å². The summed E-state index contributed by atoms with van der Waals surface area (Å²) >= 11 is 0. The number of aryl methyl sites for hydroxylation is 1. The van der Waals surface area contributed by atoms with E-state index in [1.165, 1.54) is 17.0 Å². The van der Waals surface area contributed by atoms with E-state index < -0.39 is 5.63 Å². The third kappa shape index (κ3) is 2.94. The lowest BCUT2D eigenvalue weighted by molar-refractivity contribution is 0.104. The van der Waals surface area contributed by atoms with Crippen LogP contribution in [0.25, 0.3) is 38.9 Å². The molecule has 30 heavy (non-hydrogen) atoms. The molecule has 0 atom stereocenters. The molecule has 0 bridgehead atoms. The van der Waals surface area contributed by atoms with E-state index in [4.69, 9.17) is 4.42 Å². The van der Waals surface area contributed by atoms with Crippen LogP contribution in [0.4, 0.5) is 0 Å². The maximum atomic E-state index is 12.7. The number of hydrogen-bond acceptors (Lipinski definition) is 3. The second-order valence-electron chi connectivity index (χ2n) is 7.22. The van der Waals surface area contributed by atoms with Gasteiger partial charge in [0.05, 0.1) is 0 Å². The Hall–Kier alpha value is -3.92. The normalized spacial score (nSPS) is 11.8. The first-order valence-corrected chi connectivity index (χ1v) is 9.92. The van der Waals surface area contributed by atoms with Crippen molar-refractivity contribution in [3.05, 3.63) is 100 Å². The maximum absolute atomic E-state index is 12.7. The first kappa shape index (κ1) is 18.1. The number of carbonyl (C=O) groups is 1. The minimum atomic E-state index is -0.621. The Bertz CT molecular complexity index is 1520. The van der Waals surface area contributed by atoms with Gasteiger partial charge in [-0.15, -0.1) is 0 Å². The number of carbonyl (C=O) groups excluding carboxylic acids is 1. The van der Waals surface area contributed by atoms with Gasteiger partial charge in [-0.3, -0.25) is 4.79 Å². The zero-order valence-electron chi connectivity index (χ0n) is 16.5. The topological polar surface area (TPSA) is 52.2 Å². The van der Waals surface area contributed by atoms with Gasteiger partial charge in [0, 0.05) is 33.7 Å². The van der Waals surface area contributed by atoms with Gasteiger partial charge in [0.1, 0.15) is 11.1 Å². The molecule has 2 heterocycles. The van der Waals surface area contributed by atoms with Crippen LogP contribution in [0, 0.1) is 0 Å². The summed E-state index contributed by atoms with van der Waals surface area (Å²) in [7, 11) is 0. The zero-order valence-corrected chi connectivity index (χ0v) is 16.5. The molecule has 5 rings (SSSR count). The van der Waals surface area contributed by atoms with E-state index in [9.17, 15) is 9.59 Å². The predicted molar refractivity (Wildman–Crippen MR) is 121 cm³/mol. The summed E-state index contributed by atoms with van der Waals surface area (Å²) in [5.41, 5.74) is 3.15. The molecular formula is C26H19NO3. The first-order valence-electron chi connectivity index (χ1n) is 9.92. The summed E-state index contributed by atoms with van der Waals surface area (Å²) in [6.45, 7) is 3.02. The number of allylic oxidation sites excluding steroid dienone is 1. The van der Waals surface area contributed by atoms with Gasteiger partial charge in [0.2, 0.25) is 0 Å². The highest BCUT2D eigenvalue weighted by Crippen LogP contribution is 2.30. The first-order chi connectivity index (χ1) is 14.7. The summed E-state index contributed by atoms with van der Waals surface area (Å²) in [5.74, 6) is -0.370. The molecule has 0 radical (unpaired) electrons. The molecule has 0 unspecified atom stereocenters. The van der Waals surface area contributed by atoms with Crippen molar-refractivity contribution < 1.29 is 9.21 Å². The Morgan fingerprint density at radius 3 is 2.57 bits per heavy atom. The SMILES string of the molecule is CCn1c2ccccc2c2cc(/C=C/C(=O)c3cc4ccccc4oc3=O)ccc21. The van der Waals surface area contributed by atoms with Crippen molar-refractivity contribution in [2.45, 2.75) is 13.5 Å². The van der Waals surface area contributed by atoms with Gasteiger partial charge in [-0.2, -0.15) is 0 Å². The Labute approximate surface area is 172 Å². The molecular weight excluding hydrogens is 374 g/mol. The summed E-state index contributed by atoms with van der Waals surface area (Å²) in [6.07, 6.45) is 3.18. The lowest BCUT2D eigenvalue weighted by Gasteiger charge is -2.02. The fourth-order valence-electron chi connectivity index (χ4n) is 4.01. The third-order valence-corrected chi connectivity index (χ3v) is 5.45. The second kappa shape index (κ2) is 7.16. The van der Waals surface area contributed by atoms with Crippen molar-refractivity contribution in [3.8, 4) is 0 Å². The zero-order chi connectivity index (χ0) is 20.7. The molecule has 0 aliphatic heterocycles. The Balaban J connectivity index is 1.54. The highest BCUT2D eigenvalue weighted by atomic mass is 16.4. The molecule has 0 fully saturated rings. The van der Waals surface area contributed by atoms with E-state index in [2.05, 4.69) is 35.8 Å². The minimum absolute atomic E-state index is 0.0358. The number of para-hydroxylation sites is 2. The lowest BCUT2D eigenvalue weighted by Crippen LogP contribution is -2.11. The monoisotopic (exact) mass is 393 g/mol. The van der Waals surface area contributed by atoms with Crippen molar-refractivity contribution in [1.82, 2.24) is 4.57 Å². The summed E-state index contributed by atoms with van der Waals surface area (Å²) in [4.78, 5) is 24.9. The average molecular weight is 393 g/mol. The van der Waals surface area contributed by atoms with Crippen molar-refractivity contribution in [3.63, 3.8) is 0 Å². The van der Waals surface area contributed by atoms with Crippen LogP contribution >= 0.6 is 0 Å². The summed E-state index contributed by atoms with van der Waals surface area (Å²) in [5, 5.41) is 3.06. The molecule has 0 aliphatic carbocycles. The fourth-order valence-corrected chi connectivity index (χ4v) is 4.01. The molecule has 4 heteroatoms. The fraction of sp³-hybridized carbons (Fsp3) is 0.0769. The number of aromatic nitrogens is 1. The number of ketones is 1. The van der Waals surface area contributed by atoms with Crippen LogP contribution in [0.1, 0.15) is 22.8 Å². The van der Waals surface area contributed by atoms with E-state index in [-0.39, 0.29) is 11.3 Å². The minimum Gasteiger partial charge on any atom is -0.422 e. The quantitative estimate of drug-likeness (QED) is 0.220. The van der Waals surface area contributed by atoms with Crippen LogP contribution in [0.5, 0.6) is 0 Å². The molecule has 2 aromatic heterocycles. The van der Waals surface area contributed by atoms with Crippen LogP contribution in [0.15, 0.2) is 88.1 Å². The molecule has 0 N–H and O–H groups in total. The van der Waals surface area contributed by atoms with Gasteiger partial charge in [0.15, 0.2) is 5.78 Å². The average Bonchev–Trinajstić information content (AvgIpc) is 3.10. The van der Waals surface area contributed by atoms with Crippen LogP contribution < -0.4 is 5.63 Å². The molecule has 146 valence electrons.